The van der Waals surface area contributed by atoms with Gasteiger partial charge in [-0.2, -0.15) is 0 Å². The molecule has 0 saturated heterocycles. The number of halogens is 2. The summed E-state index contributed by atoms with van der Waals surface area (Å²) in [5, 5.41) is 6.93. The van der Waals surface area contributed by atoms with E-state index in [0.29, 0.717) is 42.4 Å². The van der Waals surface area contributed by atoms with Gasteiger partial charge < -0.3 is 10.6 Å². The van der Waals surface area contributed by atoms with E-state index < -0.39 is 5.41 Å². The van der Waals surface area contributed by atoms with Gasteiger partial charge in [0.25, 0.3) is 0 Å². The molecule has 4 nitrogen and oxygen atoms in total. The second-order valence-electron chi connectivity index (χ2n) is 6.29. The van der Waals surface area contributed by atoms with Crippen molar-refractivity contribution in [2.24, 2.45) is 5.41 Å². The molecule has 1 aliphatic rings. The largest absolute Gasteiger partial charge is 0.355 e. The Hall–Kier alpha value is -1.26. The molecule has 132 valence electrons. The lowest BCUT2D eigenvalue weighted by Crippen LogP contribution is -2.43. The van der Waals surface area contributed by atoms with Crippen LogP contribution in [-0.4, -0.2) is 24.9 Å². The molecular weight excluding hydrogens is 347 g/mol. The molecule has 0 bridgehead atoms. The molecule has 0 spiro atoms. The van der Waals surface area contributed by atoms with Gasteiger partial charge in [-0.3, -0.25) is 9.59 Å². The van der Waals surface area contributed by atoms with Crippen LogP contribution in [0.15, 0.2) is 18.2 Å². The number of hydrogen-bond acceptors (Lipinski definition) is 2. The smallest absolute Gasteiger partial charge is 0.235 e. The number of carbonyl (C=O) groups excluding carboxylic acids is 2. The van der Waals surface area contributed by atoms with E-state index in [4.69, 9.17) is 23.2 Å². The monoisotopic (exact) mass is 370 g/mol. The van der Waals surface area contributed by atoms with Crippen molar-refractivity contribution in [1.82, 2.24) is 10.6 Å². The lowest BCUT2D eigenvalue weighted by atomic mass is 10.0. The lowest BCUT2D eigenvalue weighted by molar-refractivity contribution is -0.137. The molecule has 2 N–H and O–H groups in total. The Balaban J connectivity index is 1.78. The summed E-state index contributed by atoms with van der Waals surface area (Å²) in [7, 11) is 0. The van der Waals surface area contributed by atoms with Crippen LogP contribution in [0.3, 0.4) is 0 Å². The first-order valence-corrected chi connectivity index (χ1v) is 9.26. The van der Waals surface area contributed by atoms with Crippen molar-refractivity contribution in [2.75, 3.05) is 13.1 Å². The molecule has 2 amide bonds. The Bertz CT molecular complexity index is 601. The van der Waals surface area contributed by atoms with Gasteiger partial charge in [-0.15, -0.1) is 0 Å². The number of nitrogens with one attached hydrogen (secondary N) is 2. The fraction of sp³-hybridized carbons (Fsp3) is 0.556. The highest BCUT2D eigenvalue weighted by atomic mass is 35.5. The van der Waals surface area contributed by atoms with Crippen molar-refractivity contribution in [3.63, 3.8) is 0 Å². The molecule has 1 fully saturated rings. The third-order valence-electron chi connectivity index (χ3n) is 4.38. The maximum absolute atomic E-state index is 12.4. The van der Waals surface area contributed by atoms with Crippen LogP contribution in [0.2, 0.25) is 10.0 Å². The Morgan fingerprint density at radius 3 is 2.33 bits per heavy atom. The van der Waals surface area contributed by atoms with E-state index in [9.17, 15) is 9.59 Å². The summed E-state index contributed by atoms with van der Waals surface area (Å²) in [6, 6.07) is 5.31. The Morgan fingerprint density at radius 1 is 1.08 bits per heavy atom. The molecule has 0 atom stereocenters. The summed E-state index contributed by atoms with van der Waals surface area (Å²) in [4.78, 5) is 24.6. The van der Waals surface area contributed by atoms with Crippen molar-refractivity contribution >= 4 is 35.0 Å². The van der Waals surface area contributed by atoms with Crippen molar-refractivity contribution in [3.05, 3.63) is 33.8 Å². The van der Waals surface area contributed by atoms with E-state index in [-0.39, 0.29) is 11.8 Å². The van der Waals surface area contributed by atoms with Crippen molar-refractivity contribution in [2.45, 2.75) is 45.4 Å². The minimum absolute atomic E-state index is 0.138. The van der Waals surface area contributed by atoms with Gasteiger partial charge in [-0.25, -0.2) is 0 Å². The minimum atomic E-state index is -0.851. The van der Waals surface area contributed by atoms with Crippen LogP contribution in [0.1, 0.15) is 44.6 Å². The van der Waals surface area contributed by atoms with Crippen molar-refractivity contribution < 1.29 is 9.59 Å². The normalized spacial score (nSPS) is 15.0. The molecule has 2 rings (SSSR count). The van der Waals surface area contributed by atoms with Gasteiger partial charge in [-0.05, 0) is 43.4 Å². The average molecular weight is 371 g/mol. The Kier molecular flexibility index (Phi) is 6.93. The zero-order valence-corrected chi connectivity index (χ0v) is 15.5. The molecule has 1 saturated carbocycles. The third kappa shape index (κ3) is 4.87. The molecule has 1 aromatic carbocycles. The summed E-state index contributed by atoms with van der Waals surface area (Å²) in [6.07, 6.45) is 5.00. The quantitative estimate of drug-likeness (QED) is 0.513. The van der Waals surface area contributed by atoms with Crippen LogP contribution in [-0.2, 0) is 16.0 Å². The van der Waals surface area contributed by atoms with Gasteiger partial charge in [0.2, 0.25) is 11.8 Å². The van der Waals surface area contributed by atoms with Gasteiger partial charge in [0.1, 0.15) is 5.41 Å². The van der Waals surface area contributed by atoms with Crippen LogP contribution in [0, 0.1) is 5.41 Å². The SMILES string of the molecule is CCCCCNC(=O)C1(C(=O)NCCc2ccc(Cl)cc2Cl)CC1. The van der Waals surface area contributed by atoms with E-state index in [1.54, 1.807) is 12.1 Å². The lowest BCUT2D eigenvalue weighted by Gasteiger charge is -2.15. The fourth-order valence-electron chi connectivity index (χ4n) is 2.63. The van der Waals surface area contributed by atoms with E-state index in [2.05, 4.69) is 17.6 Å². The van der Waals surface area contributed by atoms with E-state index in [0.717, 1.165) is 24.8 Å². The zero-order valence-electron chi connectivity index (χ0n) is 14.0. The molecule has 1 aliphatic carbocycles. The first-order chi connectivity index (χ1) is 11.5. The number of amides is 2. The van der Waals surface area contributed by atoms with Gasteiger partial charge in [0.15, 0.2) is 0 Å². The molecular formula is C18H24Cl2N2O2. The van der Waals surface area contributed by atoms with E-state index >= 15 is 0 Å². The van der Waals surface area contributed by atoms with Crippen LogP contribution < -0.4 is 10.6 Å². The highest BCUT2D eigenvalue weighted by Crippen LogP contribution is 2.46. The second kappa shape index (κ2) is 8.72. The van der Waals surface area contributed by atoms with E-state index in [1.165, 1.54) is 0 Å². The summed E-state index contributed by atoms with van der Waals surface area (Å²) < 4.78 is 0. The summed E-state index contributed by atoms with van der Waals surface area (Å²) in [5.41, 5.74) is 0.0750. The maximum atomic E-state index is 12.4. The standard InChI is InChI=1S/C18H24Cl2N2O2/c1-2-3-4-10-21-16(23)18(8-9-18)17(24)22-11-7-13-5-6-14(19)12-15(13)20/h5-6,12H,2-4,7-11H2,1H3,(H,21,23)(H,22,24). The average Bonchev–Trinajstić information content (AvgIpc) is 3.35. The first-order valence-electron chi connectivity index (χ1n) is 8.50. The van der Waals surface area contributed by atoms with Gasteiger partial charge in [-0.1, -0.05) is 49.0 Å². The van der Waals surface area contributed by atoms with Gasteiger partial charge >= 0.3 is 0 Å². The molecule has 0 unspecified atom stereocenters. The minimum Gasteiger partial charge on any atom is -0.355 e. The highest BCUT2D eigenvalue weighted by Gasteiger charge is 2.56. The molecule has 0 heterocycles. The molecule has 1 aromatic rings. The van der Waals surface area contributed by atoms with Crippen LogP contribution in [0.4, 0.5) is 0 Å². The summed E-state index contributed by atoms with van der Waals surface area (Å²) in [5.74, 6) is -0.318. The highest BCUT2D eigenvalue weighted by molar-refractivity contribution is 6.35. The fourth-order valence-corrected chi connectivity index (χ4v) is 3.14. The Morgan fingerprint density at radius 2 is 1.75 bits per heavy atom. The molecule has 0 aliphatic heterocycles. The number of hydrogen-bond donors (Lipinski definition) is 2. The van der Waals surface area contributed by atoms with Crippen molar-refractivity contribution in [3.8, 4) is 0 Å². The zero-order chi connectivity index (χ0) is 17.6. The summed E-state index contributed by atoms with van der Waals surface area (Å²) >= 11 is 12.0. The third-order valence-corrected chi connectivity index (χ3v) is 4.97. The molecule has 24 heavy (non-hydrogen) atoms. The Labute approximate surface area is 153 Å². The number of unbranched alkanes of at least 4 members (excludes halogenated alkanes) is 2. The number of carbonyl (C=O) groups is 2. The second-order valence-corrected chi connectivity index (χ2v) is 7.13. The van der Waals surface area contributed by atoms with Crippen LogP contribution in [0.25, 0.3) is 0 Å². The van der Waals surface area contributed by atoms with E-state index in [1.807, 2.05) is 6.07 Å². The predicted octanol–water partition coefficient (Wildman–Crippen LogP) is 3.74. The van der Waals surface area contributed by atoms with Gasteiger partial charge in [0, 0.05) is 23.1 Å². The predicted molar refractivity (Wildman–Crippen MR) is 97.4 cm³/mol. The van der Waals surface area contributed by atoms with Gasteiger partial charge in [0.05, 0.1) is 0 Å². The molecule has 0 radical (unpaired) electrons. The topological polar surface area (TPSA) is 58.2 Å². The molecule has 6 heteroatoms. The first kappa shape index (κ1) is 19.1. The van der Waals surface area contributed by atoms with Crippen molar-refractivity contribution in [1.29, 1.82) is 0 Å². The van der Waals surface area contributed by atoms with Crippen LogP contribution in [0.5, 0.6) is 0 Å². The molecule has 0 aromatic heterocycles. The summed E-state index contributed by atoms with van der Waals surface area (Å²) in [6.45, 7) is 3.21. The number of rotatable bonds is 9. The number of benzene rings is 1. The van der Waals surface area contributed by atoms with Crippen LogP contribution >= 0.6 is 23.2 Å². The maximum Gasteiger partial charge on any atom is 0.235 e.